The van der Waals surface area contributed by atoms with Crippen LogP contribution in [0.5, 0.6) is 0 Å². The van der Waals surface area contributed by atoms with E-state index < -0.39 is 18.0 Å². The first-order valence-corrected chi connectivity index (χ1v) is 5.72. The predicted molar refractivity (Wildman–Crippen MR) is 67.0 cm³/mol. The van der Waals surface area contributed by atoms with Crippen LogP contribution in [-0.4, -0.2) is 18.5 Å². The van der Waals surface area contributed by atoms with Crippen molar-refractivity contribution in [1.29, 1.82) is 0 Å². The van der Waals surface area contributed by atoms with Gasteiger partial charge >= 0.3 is 11.9 Å². The summed E-state index contributed by atoms with van der Waals surface area (Å²) in [6, 6.07) is 4.57. The molecule has 0 bridgehead atoms. The lowest BCUT2D eigenvalue weighted by Crippen LogP contribution is -2.21. The van der Waals surface area contributed by atoms with Crippen LogP contribution in [0.1, 0.15) is 25.5 Å². The summed E-state index contributed by atoms with van der Waals surface area (Å²) in [6.45, 7) is 3.07. The van der Waals surface area contributed by atoms with Crippen molar-refractivity contribution in [3.63, 3.8) is 0 Å². The third kappa shape index (κ3) is 3.63. The van der Waals surface area contributed by atoms with Crippen LogP contribution in [-0.2, 0) is 19.1 Å². The van der Waals surface area contributed by atoms with Crippen LogP contribution in [0.4, 0.5) is 5.69 Å². The molecule has 1 rings (SSSR count). The Kier molecular flexibility index (Phi) is 4.97. The lowest BCUT2D eigenvalue weighted by atomic mass is 10.1. The molecule has 2 N–H and O–H groups in total. The second-order valence-electron chi connectivity index (χ2n) is 3.52. The summed E-state index contributed by atoms with van der Waals surface area (Å²) in [7, 11) is 0. The van der Waals surface area contributed by atoms with Gasteiger partial charge in [0.25, 0.3) is 0 Å². The monoisotopic (exact) mass is 271 g/mol. The molecule has 0 aliphatic heterocycles. The van der Waals surface area contributed by atoms with Gasteiger partial charge < -0.3 is 15.2 Å². The number of nitrogen functional groups attached to an aromatic ring is 1. The first-order valence-electron chi connectivity index (χ1n) is 5.34. The van der Waals surface area contributed by atoms with Gasteiger partial charge in [0, 0.05) is 12.5 Å². The molecule has 5 nitrogen and oxygen atoms in total. The molecule has 0 radical (unpaired) electrons. The number of halogens is 1. The van der Waals surface area contributed by atoms with Crippen LogP contribution >= 0.6 is 11.6 Å². The Hall–Kier alpha value is -1.75. The number of nitrogens with two attached hydrogens (primary N) is 1. The zero-order valence-electron chi connectivity index (χ0n) is 10.1. The minimum absolute atomic E-state index is 0.194. The van der Waals surface area contributed by atoms with Gasteiger partial charge in [-0.1, -0.05) is 17.7 Å². The maximum atomic E-state index is 11.7. The number of carbonyl (C=O) groups excluding carboxylic acids is 2. The van der Waals surface area contributed by atoms with Crippen LogP contribution < -0.4 is 5.73 Å². The van der Waals surface area contributed by atoms with Gasteiger partial charge in [0.05, 0.1) is 17.3 Å². The van der Waals surface area contributed by atoms with Crippen LogP contribution in [0.2, 0.25) is 5.02 Å². The lowest BCUT2D eigenvalue weighted by Gasteiger charge is -2.16. The zero-order valence-corrected chi connectivity index (χ0v) is 10.9. The van der Waals surface area contributed by atoms with Crippen molar-refractivity contribution in [2.75, 3.05) is 12.3 Å². The summed E-state index contributed by atoms with van der Waals surface area (Å²) in [5.41, 5.74) is 6.36. The van der Waals surface area contributed by atoms with E-state index in [1.54, 1.807) is 13.0 Å². The summed E-state index contributed by atoms with van der Waals surface area (Å²) in [4.78, 5) is 22.7. The highest BCUT2D eigenvalue weighted by molar-refractivity contribution is 6.33. The fourth-order valence-corrected chi connectivity index (χ4v) is 1.48. The maximum Gasteiger partial charge on any atom is 0.352 e. The Morgan fingerprint density at radius 2 is 2.11 bits per heavy atom. The summed E-state index contributed by atoms with van der Waals surface area (Å²) < 4.78 is 9.77. The minimum atomic E-state index is -1.12. The predicted octanol–water partition coefficient (Wildman–Crippen LogP) is 2.09. The lowest BCUT2D eigenvalue weighted by molar-refractivity contribution is -0.167. The molecular weight excluding hydrogens is 258 g/mol. The van der Waals surface area contributed by atoms with E-state index in [1.165, 1.54) is 19.1 Å². The number of benzene rings is 1. The van der Waals surface area contributed by atoms with E-state index in [4.69, 9.17) is 26.8 Å². The fourth-order valence-electron chi connectivity index (χ4n) is 1.36. The SMILES string of the molecule is CCOC(=O)C(OC(C)=O)c1ccc(Cl)c(N)c1. The van der Waals surface area contributed by atoms with Crippen LogP contribution in [0, 0.1) is 0 Å². The average molecular weight is 272 g/mol. The number of carbonyl (C=O) groups is 2. The van der Waals surface area contributed by atoms with Gasteiger partial charge in [-0.05, 0) is 19.1 Å². The van der Waals surface area contributed by atoms with Crippen molar-refractivity contribution in [3.8, 4) is 0 Å². The second kappa shape index (κ2) is 6.26. The largest absolute Gasteiger partial charge is 0.463 e. The van der Waals surface area contributed by atoms with Crippen molar-refractivity contribution >= 4 is 29.2 Å². The molecule has 98 valence electrons. The Morgan fingerprint density at radius 3 is 2.61 bits per heavy atom. The Labute approximate surface area is 110 Å². The standard InChI is InChI=1S/C12H14ClNO4/c1-3-17-12(16)11(18-7(2)15)8-4-5-9(13)10(14)6-8/h4-6,11H,3,14H2,1-2H3. The maximum absolute atomic E-state index is 11.7. The van der Waals surface area contributed by atoms with Gasteiger partial charge in [-0.3, -0.25) is 4.79 Å². The van der Waals surface area contributed by atoms with Crippen LogP contribution in [0.3, 0.4) is 0 Å². The minimum Gasteiger partial charge on any atom is -0.463 e. The highest BCUT2D eigenvalue weighted by Gasteiger charge is 2.25. The number of hydrogen-bond donors (Lipinski definition) is 1. The third-order valence-electron chi connectivity index (χ3n) is 2.11. The Bertz CT molecular complexity index is 461. The molecule has 1 atom stereocenters. The van der Waals surface area contributed by atoms with Crippen molar-refractivity contribution in [2.45, 2.75) is 20.0 Å². The molecular formula is C12H14ClNO4. The van der Waals surface area contributed by atoms with E-state index >= 15 is 0 Å². The Balaban J connectivity index is 3.04. The molecule has 18 heavy (non-hydrogen) atoms. The highest BCUT2D eigenvalue weighted by Crippen LogP contribution is 2.26. The summed E-state index contributed by atoms with van der Waals surface area (Å²) in [6.07, 6.45) is -1.12. The second-order valence-corrected chi connectivity index (χ2v) is 3.93. The van der Waals surface area contributed by atoms with Crippen molar-refractivity contribution < 1.29 is 19.1 Å². The topological polar surface area (TPSA) is 78.6 Å². The van der Waals surface area contributed by atoms with Gasteiger partial charge in [0.1, 0.15) is 0 Å². The number of rotatable bonds is 4. The van der Waals surface area contributed by atoms with E-state index in [0.29, 0.717) is 16.3 Å². The zero-order chi connectivity index (χ0) is 13.7. The van der Waals surface area contributed by atoms with Crippen LogP contribution in [0.25, 0.3) is 0 Å². The quantitative estimate of drug-likeness (QED) is 0.670. The summed E-state index contributed by atoms with van der Waals surface area (Å²) in [5.74, 6) is -1.23. The van der Waals surface area contributed by atoms with E-state index in [0.717, 1.165) is 0 Å². The van der Waals surface area contributed by atoms with Crippen molar-refractivity contribution in [3.05, 3.63) is 28.8 Å². The number of esters is 2. The fraction of sp³-hybridized carbons (Fsp3) is 0.333. The molecule has 6 heteroatoms. The smallest absolute Gasteiger partial charge is 0.352 e. The molecule has 0 saturated heterocycles. The van der Waals surface area contributed by atoms with Gasteiger partial charge in [0.2, 0.25) is 6.10 Å². The molecule has 0 aromatic heterocycles. The molecule has 0 aliphatic rings. The van der Waals surface area contributed by atoms with E-state index in [9.17, 15) is 9.59 Å². The Morgan fingerprint density at radius 1 is 1.44 bits per heavy atom. The summed E-state index contributed by atoms with van der Waals surface area (Å²) >= 11 is 5.78. The first kappa shape index (κ1) is 14.3. The van der Waals surface area contributed by atoms with E-state index in [1.807, 2.05) is 0 Å². The molecule has 0 fully saturated rings. The van der Waals surface area contributed by atoms with Gasteiger partial charge in [-0.25, -0.2) is 4.79 Å². The normalized spacial score (nSPS) is 11.7. The molecule has 0 heterocycles. The van der Waals surface area contributed by atoms with E-state index in [2.05, 4.69) is 0 Å². The van der Waals surface area contributed by atoms with Gasteiger partial charge in [-0.15, -0.1) is 0 Å². The van der Waals surface area contributed by atoms with Crippen molar-refractivity contribution in [2.24, 2.45) is 0 Å². The molecule has 1 aromatic rings. The van der Waals surface area contributed by atoms with Gasteiger partial charge in [0.15, 0.2) is 0 Å². The summed E-state index contributed by atoms with van der Waals surface area (Å²) in [5, 5.41) is 0.365. The third-order valence-corrected chi connectivity index (χ3v) is 2.45. The first-order chi connectivity index (χ1) is 8.45. The number of anilines is 1. The highest BCUT2D eigenvalue weighted by atomic mass is 35.5. The molecule has 0 spiro atoms. The molecule has 0 amide bonds. The average Bonchev–Trinajstić information content (AvgIpc) is 2.30. The van der Waals surface area contributed by atoms with Crippen molar-refractivity contribution in [1.82, 2.24) is 0 Å². The van der Waals surface area contributed by atoms with Crippen LogP contribution in [0.15, 0.2) is 18.2 Å². The molecule has 1 aromatic carbocycles. The molecule has 1 unspecified atom stereocenters. The van der Waals surface area contributed by atoms with Gasteiger partial charge in [-0.2, -0.15) is 0 Å². The molecule has 0 aliphatic carbocycles. The number of ether oxygens (including phenoxy) is 2. The molecule has 0 saturated carbocycles. The number of hydrogen-bond acceptors (Lipinski definition) is 5. The van der Waals surface area contributed by atoms with E-state index in [-0.39, 0.29) is 6.61 Å².